The van der Waals surface area contributed by atoms with Crippen molar-refractivity contribution in [2.45, 2.75) is 31.6 Å². The zero-order valence-corrected chi connectivity index (χ0v) is 27.5. The van der Waals surface area contributed by atoms with Gasteiger partial charge >= 0.3 is 12.4 Å². The lowest BCUT2D eigenvalue weighted by Crippen LogP contribution is -2.04. The maximum atomic E-state index is 13.9. The Morgan fingerprint density at radius 1 is 0.585 bits per heavy atom. The number of hydrogen-bond acceptors (Lipinski definition) is 4. The SMILES string of the molecule is O=Cc1c2nc(c(-c3cccc(C(F)(F)F)c3)c3ccc([nH]3)c(C3=CC(=O)CCC3)c3nc(c(-c4cccc(C(F)(F)F)c4)c4ccc1[nH]4)C=C3)C=C2. The van der Waals surface area contributed by atoms with Gasteiger partial charge in [-0.15, -0.1) is 0 Å². The van der Waals surface area contributed by atoms with E-state index >= 15 is 0 Å². The van der Waals surface area contributed by atoms with E-state index in [9.17, 15) is 35.9 Å². The summed E-state index contributed by atoms with van der Waals surface area (Å²) in [6, 6.07) is 16.4. The first kappa shape index (κ1) is 33.8. The molecule has 0 unspecified atom stereocenters. The highest BCUT2D eigenvalue weighted by molar-refractivity contribution is 6.03. The topological polar surface area (TPSA) is 91.5 Å². The van der Waals surface area contributed by atoms with Crippen molar-refractivity contribution in [3.63, 3.8) is 0 Å². The molecule has 5 aromatic rings. The summed E-state index contributed by atoms with van der Waals surface area (Å²) in [6.45, 7) is 0. The highest BCUT2D eigenvalue weighted by Crippen LogP contribution is 2.40. The van der Waals surface area contributed by atoms with Gasteiger partial charge in [-0.1, -0.05) is 24.3 Å². The molecule has 12 heteroatoms. The number of carbonyl (C=O) groups is 2. The van der Waals surface area contributed by atoms with Gasteiger partial charge in [0, 0.05) is 39.7 Å². The van der Waals surface area contributed by atoms with Crippen LogP contribution in [0.2, 0.25) is 0 Å². The second-order valence-electron chi connectivity index (χ2n) is 12.8. The van der Waals surface area contributed by atoms with Crippen molar-refractivity contribution < 1.29 is 35.9 Å². The minimum Gasteiger partial charge on any atom is -0.354 e. The lowest BCUT2D eigenvalue weighted by Gasteiger charge is -2.13. The second-order valence-corrected chi connectivity index (χ2v) is 12.8. The molecule has 0 atom stereocenters. The van der Waals surface area contributed by atoms with Gasteiger partial charge in [-0.3, -0.25) is 9.59 Å². The molecule has 53 heavy (non-hydrogen) atoms. The van der Waals surface area contributed by atoms with Crippen LogP contribution < -0.4 is 0 Å². The molecule has 1 aliphatic carbocycles. The molecule has 3 aromatic heterocycles. The molecule has 264 valence electrons. The van der Waals surface area contributed by atoms with Crippen LogP contribution in [-0.4, -0.2) is 32.0 Å². The predicted octanol–water partition coefficient (Wildman–Crippen LogP) is 11.0. The number of aromatic nitrogens is 4. The van der Waals surface area contributed by atoms with Crippen LogP contribution >= 0.6 is 0 Å². The van der Waals surface area contributed by atoms with Crippen LogP contribution in [-0.2, 0) is 17.1 Å². The molecule has 0 radical (unpaired) electrons. The Morgan fingerprint density at radius 2 is 1.06 bits per heavy atom. The van der Waals surface area contributed by atoms with Gasteiger partial charge in [0.05, 0.1) is 45.0 Å². The molecule has 5 heterocycles. The number of H-pyrrole nitrogens is 2. The standard InChI is InChI=1S/C41H26F6N4O2/c42-40(43,44)25-7-1-4-22(18-25)37-31-12-10-29(48-31)28(21-52)30-11-13-32(49-30)38(23-5-2-8-26(19-23)41(45,46)47)34-15-17-36(51-34)39(35-16-14-33(37)50-35)24-6-3-9-27(53)20-24/h1-2,4-5,7-8,10-21,48,51H,3,6,9H2. The summed E-state index contributed by atoms with van der Waals surface area (Å²) in [5, 5.41) is 0. The van der Waals surface area contributed by atoms with Crippen LogP contribution in [0.25, 0.3) is 74.2 Å². The fourth-order valence-corrected chi connectivity index (χ4v) is 6.99. The van der Waals surface area contributed by atoms with E-state index in [1.165, 1.54) is 12.1 Å². The number of carbonyl (C=O) groups excluding carboxylic acids is 2. The largest absolute Gasteiger partial charge is 0.416 e. The Balaban J connectivity index is 1.53. The third kappa shape index (κ3) is 6.30. The number of benzene rings is 2. The average molecular weight is 721 g/mol. The molecular weight excluding hydrogens is 694 g/mol. The fourth-order valence-electron chi connectivity index (χ4n) is 6.99. The molecule has 2 aliphatic heterocycles. The van der Waals surface area contributed by atoms with Gasteiger partial charge in [-0.05, 0) is 108 Å². The Labute approximate surface area is 297 Å². The van der Waals surface area contributed by atoms with Crippen LogP contribution in [0.15, 0.2) is 78.9 Å². The molecule has 0 fully saturated rings. The molecule has 0 spiro atoms. The van der Waals surface area contributed by atoms with E-state index in [2.05, 4.69) is 9.97 Å². The number of alkyl halides is 6. The number of ketones is 1. The lowest BCUT2D eigenvalue weighted by molar-refractivity contribution is -0.138. The number of allylic oxidation sites excluding steroid dienone is 2. The molecule has 0 saturated carbocycles. The summed E-state index contributed by atoms with van der Waals surface area (Å²) in [5.41, 5.74) is 3.62. The predicted molar refractivity (Wildman–Crippen MR) is 192 cm³/mol. The number of aromatic amines is 2. The van der Waals surface area contributed by atoms with Crippen LogP contribution in [0.3, 0.4) is 0 Å². The highest BCUT2D eigenvalue weighted by Gasteiger charge is 2.32. The summed E-state index contributed by atoms with van der Waals surface area (Å²) in [6.07, 6.45) is 0.968. The van der Waals surface area contributed by atoms with E-state index in [0.29, 0.717) is 81.3 Å². The first-order valence-corrected chi connectivity index (χ1v) is 16.6. The van der Waals surface area contributed by atoms with Crippen LogP contribution in [0.5, 0.6) is 0 Å². The van der Waals surface area contributed by atoms with Crippen molar-refractivity contribution in [1.29, 1.82) is 0 Å². The second kappa shape index (κ2) is 12.7. The maximum Gasteiger partial charge on any atom is 0.416 e. The van der Waals surface area contributed by atoms with Crippen molar-refractivity contribution in [1.82, 2.24) is 19.9 Å². The summed E-state index contributed by atoms with van der Waals surface area (Å²) in [5.74, 6) is -0.0773. The zero-order valence-electron chi connectivity index (χ0n) is 27.5. The smallest absolute Gasteiger partial charge is 0.354 e. The summed E-state index contributed by atoms with van der Waals surface area (Å²) in [7, 11) is 0. The van der Waals surface area contributed by atoms with Crippen molar-refractivity contribution in [3.8, 4) is 22.3 Å². The molecule has 2 N–H and O–H groups in total. The van der Waals surface area contributed by atoms with Crippen molar-refractivity contribution >= 4 is 64.0 Å². The van der Waals surface area contributed by atoms with E-state index in [0.717, 1.165) is 24.3 Å². The average Bonchev–Trinajstić information content (AvgIpc) is 3.96. The van der Waals surface area contributed by atoms with Gasteiger partial charge in [-0.25, -0.2) is 9.97 Å². The van der Waals surface area contributed by atoms with E-state index in [1.807, 2.05) is 0 Å². The molecule has 8 rings (SSSR count). The quantitative estimate of drug-likeness (QED) is 0.140. The first-order valence-electron chi connectivity index (χ1n) is 16.6. The van der Waals surface area contributed by atoms with E-state index in [4.69, 9.17) is 9.97 Å². The third-order valence-corrected chi connectivity index (χ3v) is 9.40. The van der Waals surface area contributed by atoms with Crippen LogP contribution in [0, 0.1) is 0 Å². The number of nitrogens with one attached hydrogen (secondary N) is 2. The summed E-state index contributed by atoms with van der Waals surface area (Å²) in [4.78, 5) is 41.5. The van der Waals surface area contributed by atoms with Gasteiger partial charge < -0.3 is 9.97 Å². The number of fused-ring (bicyclic) bond motifs is 8. The van der Waals surface area contributed by atoms with E-state index < -0.39 is 23.5 Å². The number of hydrogen-bond donors (Lipinski definition) is 2. The van der Waals surface area contributed by atoms with Gasteiger partial charge in [0.1, 0.15) is 0 Å². The Kier molecular flexibility index (Phi) is 8.12. The minimum absolute atomic E-state index is 0.0773. The van der Waals surface area contributed by atoms with Crippen LogP contribution in [0.1, 0.15) is 69.1 Å². The number of nitrogens with zero attached hydrogens (tertiary/aromatic N) is 2. The molecule has 0 saturated heterocycles. The Hall–Kier alpha value is -6.30. The monoisotopic (exact) mass is 720 g/mol. The lowest BCUT2D eigenvalue weighted by atomic mass is 9.92. The van der Waals surface area contributed by atoms with Gasteiger partial charge in [-0.2, -0.15) is 26.3 Å². The Morgan fingerprint density at radius 3 is 1.58 bits per heavy atom. The Bertz CT molecular complexity index is 2570. The molecule has 0 amide bonds. The zero-order chi connectivity index (χ0) is 37.1. The molecule has 6 nitrogen and oxygen atoms in total. The fraction of sp³-hybridized carbons (Fsp3) is 0.122. The van der Waals surface area contributed by atoms with Crippen molar-refractivity contribution in [2.24, 2.45) is 0 Å². The van der Waals surface area contributed by atoms with Crippen molar-refractivity contribution in [2.75, 3.05) is 0 Å². The first-order chi connectivity index (χ1) is 25.4. The van der Waals surface area contributed by atoms with Crippen LogP contribution in [0.4, 0.5) is 26.3 Å². The van der Waals surface area contributed by atoms with Gasteiger partial charge in [0.25, 0.3) is 0 Å². The van der Waals surface area contributed by atoms with Crippen molar-refractivity contribution in [3.05, 3.63) is 124 Å². The normalized spacial score (nSPS) is 14.5. The third-order valence-electron chi connectivity index (χ3n) is 9.40. The van der Waals surface area contributed by atoms with E-state index in [-0.39, 0.29) is 33.9 Å². The summed E-state index contributed by atoms with van der Waals surface area (Å²) >= 11 is 0. The molecule has 2 aromatic carbocycles. The summed E-state index contributed by atoms with van der Waals surface area (Å²) < 4.78 is 83.5. The van der Waals surface area contributed by atoms with Gasteiger partial charge in [0.15, 0.2) is 12.1 Å². The minimum atomic E-state index is -4.61. The number of aldehydes is 1. The molecule has 8 bridgehead atoms. The number of halogens is 6. The van der Waals surface area contributed by atoms with Gasteiger partial charge in [0.2, 0.25) is 0 Å². The highest BCUT2D eigenvalue weighted by atomic mass is 19.4. The van der Waals surface area contributed by atoms with E-state index in [1.54, 1.807) is 66.8 Å². The number of rotatable bonds is 4. The molecular formula is C41H26F6N4O2. The maximum absolute atomic E-state index is 13.9. The molecule has 3 aliphatic rings.